The lowest BCUT2D eigenvalue weighted by Crippen LogP contribution is -2.35. The molecule has 3 N–H and O–H groups in total. The number of carbonyl (C=O) groups excluding carboxylic acids is 1. The van der Waals surface area contributed by atoms with Crippen LogP contribution in [0, 0.1) is 5.92 Å². The van der Waals surface area contributed by atoms with Crippen LogP contribution < -0.4 is 11.1 Å². The fourth-order valence-electron chi connectivity index (χ4n) is 2.01. The molecule has 0 aliphatic carbocycles. The molecule has 2 atom stereocenters. The third-order valence-electron chi connectivity index (χ3n) is 3.31. The molecule has 0 saturated heterocycles. The Bertz CT molecular complexity index is 565. The van der Waals surface area contributed by atoms with E-state index in [1.165, 1.54) is 0 Å². The highest BCUT2D eigenvalue weighted by atomic mass is 16.1. The number of rotatable bonds is 5. The summed E-state index contributed by atoms with van der Waals surface area (Å²) in [6.07, 6.45) is 3.62. The molecule has 1 amide bonds. The van der Waals surface area contributed by atoms with E-state index in [0.717, 1.165) is 11.3 Å². The summed E-state index contributed by atoms with van der Waals surface area (Å²) in [6.45, 7) is 4.13. The molecule has 2 aromatic rings. The summed E-state index contributed by atoms with van der Waals surface area (Å²) in [5, 5.41) is 7.23. The van der Waals surface area contributed by atoms with Gasteiger partial charge in [-0.2, -0.15) is 5.10 Å². The van der Waals surface area contributed by atoms with Gasteiger partial charge in [0.15, 0.2) is 0 Å². The third kappa shape index (κ3) is 3.05. The minimum atomic E-state index is -0.186. The van der Waals surface area contributed by atoms with E-state index >= 15 is 0 Å². The molecule has 5 heteroatoms. The van der Waals surface area contributed by atoms with Crippen LogP contribution in [0.2, 0.25) is 0 Å². The van der Waals surface area contributed by atoms with Crippen LogP contribution in [0.4, 0.5) is 0 Å². The first-order valence-corrected chi connectivity index (χ1v) is 6.73. The van der Waals surface area contributed by atoms with E-state index in [2.05, 4.69) is 10.4 Å². The summed E-state index contributed by atoms with van der Waals surface area (Å²) < 4.78 is 1.80. The lowest BCUT2D eigenvalue weighted by Gasteiger charge is -2.19. The van der Waals surface area contributed by atoms with Crippen LogP contribution in [0.15, 0.2) is 42.7 Å². The van der Waals surface area contributed by atoms with Crippen molar-refractivity contribution in [3.05, 3.63) is 48.3 Å². The Hall–Kier alpha value is -2.14. The van der Waals surface area contributed by atoms with Crippen LogP contribution in [-0.4, -0.2) is 22.2 Å². The number of para-hydroxylation sites is 1. The number of nitrogens with one attached hydrogen (secondary N) is 1. The average Bonchev–Trinajstić information content (AvgIpc) is 3.00. The van der Waals surface area contributed by atoms with Gasteiger partial charge in [0.25, 0.3) is 0 Å². The quantitative estimate of drug-likeness (QED) is 0.869. The zero-order valence-corrected chi connectivity index (χ0v) is 11.8. The highest BCUT2D eigenvalue weighted by Crippen LogP contribution is 2.21. The average molecular weight is 272 g/mol. The highest BCUT2D eigenvalue weighted by molar-refractivity contribution is 5.79. The minimum absolute atomic E-state index is 0.0322. The molecule has 0 bridgehead atoms. The summed E-state index contributed by atoms with van der Waals surface area (Å²) in [7, 11) is 0. The molecular formula is C15H20N4O. The number of amides is 1. The van der Waals surface area contributed by atoms with Gasteiger partial charge in [0.2, 0.25) is 5.91 Å². The maximum Gasteiger partial charge on any atom is 0.224 e. The van der Waals surface area contributed by atoms with Gasteiger partial charge in [-0.3, -0.25) is 4.79 Å². The topological polar surface area (TPSA) is 72.9 Å². The Kier molecular flexibility index (Phi) is 4.53. The number of hydrogen-bond donors (Lipinski definition) is 2. The maximum atomic E-state index is 11.9. The van der Waals surface area contributed by atoms with Gasteiger partial charge in [-0.1, -0.05) is 25.1 Å². The second kappa shape index (κ2) is 6.34. The Balaban J connectivity index is 2.22. The molecule has 0 saturated carbocycles. The van der Waals surface area contributed by atoms with E-state index in [1.54, 1.807) is 10.9 Å². The van der Waals surface area contributed by atoms with Gasteiger partial charge in [-0.15, -0.1) is 0 Å². The first-order valence-electron chi connectivity index (χ1n) is 6.73. The standard InChI is InChI=1S/C15H20N4O/c1-11(10-16)15(20)18-12(2)13-6-3-4-7-14(13)19-9-5-8-17-19/h3-9,11-12H,10,16H2,1-2H3,(H,18,20). The fraction of sp³-hybridized carbons (Fsp3) is 0.333. The number of nitrogens with zero attached hydrogens (tertiary/aromatic N) is 2. The number of benzene rings is 1. The summed E-state index contributed by atoms with van der Waals surface area (Å²) >= 11 is 0. The van der Waals surface area contributed by atoms with Crippen molar-refractivity contribution in [2.24, 2.45) is 11.7 Å². The van der Waals surface area contributed by atoms with Gasteiger partial charge in [0.05, 0.1) is 11.7 Å². The van der Waals surface area contributed by atoms with Crippen LogP contribution in [0.3, 0.4) is 0 Å². The number of aromatic nitrogens is 2. The Morgan fingerprint density at radius 2 is 2.10 bits per heavy atom. The first-order chi connectivity index (χ1) is 9.63. The lowest BCUT2D eigenvalue weighted by atomic mass is 10.0. The molecule has 106 valence electrons. The summed E-state index contributed by atoms with van der Waals surface area (Å²) in [5.41, 5.74) is 7.51. The Morgan fingerprint density at radius 3 is 2.75 bits per heavy atom. The van der Waals surface area contributed by atoms with Crippen molar-refractivity contribution >= 4 is 5.91 Å². The van der Waals surface area contributed by atoms with E-state index in [1.807, 2.05) is 50.4 Å². The van der Waals surface area contributed by atoms with Crippen LogP contribution in [0.5, 0.6) is 0 Å². The van der Waals surface area contributed by atoms with Crippen molar-refractivity contribution in [2.45, 2.75) is 19.9 Å². The second-order valence-corrected chi connectivity index (χ2v) is 4.88. The first kappa shape index (κ1) is 14.3. The third-order valence-corrected chi connectivity index (χ3v) is 3.31. The second-order valence-electron chi connectivity index (χ2n) is 4.88. The number of carbonyl (C=O) groups is 1. The van der Waals surface area contributed by atoms with Gasteiger partial charge < -0.3 is 11.1 Å². The smallest absolute Gasteiger partial charge is 0.224 e. The molecular weight excluding hydrogens is 252 g/mol. The molecule has 2 unspecified atom stereocenters. The molecule has 0 spiro atoms. The molecule has 2 rings (SSSR count). The monoisotopic (exact) mass is 272 g/mol. The van der Waals surface area contributed by atoms with Crippen LogP contribution in [0.1, 0.15) is 25.5 Å². The normalized spacial score (nSPS) is 13.8. The number of hydrogen-bond acceptors (Lipinski definition) is 3. The summed E-state index contributed by atoms with van der Waals surface area (Å²) in [4.78, 5) is 11.9. The molecule has 0 aliphatic rings. The molecule has 0 fully saturated rings. The van der Waals surface area contributed by atoms with Crippen molar-refractivity contribution in [1.29, 1.82) is 0 Å². The van der Waals surface area contributed by atoms with E-state index in [9.17, 15) is 4.79 Å². The van der Waals surface area contributed by atoms with E-state index in [4.69, 9.17) is 5.73 Å². The van der Waals surface area contributed by atoms with Crippen molar-refractivity contribution in [2.75, 3.05) is 6.54 Å². The molecule has 1 aromatic carbocycles. The van der Waals surface area contributed by atoms with Crippen molar-refractivity contribution in [3.8, 4) is 5.69 Å². The fourth-order valence-corrected chi connectivity index (χ4v) is 2.01. The van der Waals surface area contributed by atoms with Crippen molar-refractivity contribution in [3.63, 3.8) is 0 Å². The maximum absolute atomic E-state index is 11.9. The largest absolute Gasteiger partial charge is 0.349 e. The predicted octanol–water partition coefficient (Wildman–Crippen LogP) is 1.64. The molecule has 1 aromatic heterocycles. The summed E-state index contributed by atoms with van der Waals surface area (Å²) in [6, 6.07) is 9.66. The van der Waals surface area contributed by atoms with Crippen LogP contribution in [0.25, 0.3) is 5.69 Å². The molecule has 1 heterocycles. The Morgan fingerprint density at radius 1 is 1.35 bits per heavy atom. The van der Waals surface area contributed by atoms with E-state index in [0.29, 0.717) is 6.54 Å². The van der Waals surface area contributed by atoms with Crippen molar-refractivity contribution in [1.82, 2.24) is 15.1 Å². The zero-order chi connectivity index (χ0) is 14.5. The van der Waals surface area contributed by atoms with E-state index < -0.39 is 0 Å². The minimum Gasteiger partial charge on any atom is -0.349 e. The SMILES string of the molecule is CC(CN)C(=O)NC(C)c1ccccc1-n1cccn1. The molecule has 5 nitrogen and oxygen atoms in total. The zero-order valence-electron chi connectivity index (χ0n) is 11.8. The van der Waals surface area contributed by atoms with Gasteiger partial charge in [0.1, 0.15) is 0 Å². The van der Waals surface area contributed by atoms with E-state index in [-0.39, 0.29) is 17.9 Å². The Labute approximate surface area is 118 Å². The molecule has 0 aliphatic heterocycles. The lowest BCUT2D eigenvalue weighted by molar-refractivity contribution is -0.124. The highest BCUT2D eigenvalue weighted by Gasteiger charge is 2.17. The molecule has 20 heavy (non-hydrogen) atoms. The van der Waals surface area contributed by atoms with Crippen LogP contribution in [-0.2, 0) is 4.79 Å². The van der Waals surface area contributed by atoms with Gasteiger partial charge in [-0.05, 0) is 24.6 Å². The summed E-state index contributed by atoms with van der Waals surface area (Å²) in [5.74, 6) is -0.218. The van der Waals surface area contributed by atoms with Crippen molar-refractivity contribution < 1.29 is 4.79 Å². The van der Waals surface area contributed by atoms with Crippen LogP contribution >= 0.6 is 0 Å². The van der Waals surface area contributed by atoms with Gasteiger partial charge in [0, 0.05) is 24.9 Å². The number of nitrogens with two attached hydrogens (primary N) is 1. The molecule has 0 radical (unpaired) electrons. The predicted molar refractivity (Wildman–Crippen MR) is 78.3 cm³/mol. The van der Waals surface area contributed by atoms with Gasteiger partial charge >= 0.3 is 0 Å². The van der Waals surface area contributed by atoms with Gasteiger partial charge in [-0.25, -0.2) is 4.68 Å².